The molecule has 0 atom stereocenters. The second kappa shape index (κ2) is 15.2. The number of hydrogen-bond donors (Lipinski definition) is 0. The molecular weight excluding hydrogens is 452 g/mol. The van der Waals surface area contributed by atoms with Crippen molar-refractivity contribution >= 4 is 23.6 Å². The van der Waals surface area contributed by atoms with Crippen molar-refractivity contribution in [3.05, 3.63) is 95.3 Å². The molecule has 0 radical (unpaired) electrons. The molecule has 4 heteroatoms. The first-order chi connectivity index (χ1) is 17.0. The number of hydrogen-bond acceptors (Lipinski definition) is 3. The lowest BCUT2D eigenvalue weighted by molar-refractivity contribution is -0.106. The van der Waals surface area contributed by atoms with Gasteiger partial charge in [0, 0.05) is 30.5 Å². The summed E-state index contributed by atoms with van der Waals surface area (Å²) < 4.78 is 0. The number of carbonyl (C=O) groups is 1. The smallest absolute Gasteiger partial charge is 0.129 e. The first kappa shape index (κ1) is 28.3. The van der Waals surface area contributed by atoms with E-state index in [9.17, 15) is 0 Å². The maximum atomic E-state index is 8.81. The minimum absolute atomic E-state index is 0.524. The van der Waals surface area contributed by atoms with Crippen molar-refractivity contribution in [3.8, 4) is 11.1 Å². The van der Waals surface area contributed by atoms with Gasteiger partial charge in [-0.05, 0) is 79.0 Å². The van der Waals surface area contributed by atoms with Gasteiger partial charge in [-0.1, -0.05) is 81.4 Å². The van der Waals surface area contributed by atoms with Crippen LogP contribution in [0.5, 0.6) is 0 Å². The van der Waals surface area contributed by atoms with Crippen LogP contribution in [0.2, 0.25) is 5.15 Å². The molecule has 1 aromatic heterocycles. The van der Waals surface area contributed by atoms with Crippen molar-refractivity contribution in [2.45, 2.75) is 53.4 Å². The van der Waals surface area contributed by atoms with E-state index in [4.69, 9.17) is 16.4 Å². The van der Waals surface area contributed by atoms with E-state index in [0.717, 1.165) is 43.0 Å². The summed E-state index contributed by atoms with van der Waals surface area (Å²) in [4.78, 5) is 15.5. The molecule has 0 aliphatic carbocycles. The third kappa shape index (κ3) is 8.36. The molecule has 0 bridgehead atoms. The van der Waals surface area contributed by atoms with E-state index in [1.807, 2.05) is 32.2 Å². The number of nitrogens with zero attached hydrogens (tertiary/aromatic N) is 2. The van der Waals surface area contributed by atoms with Crippen LogP contribution in [0.1, 0.15) is 57.2 Å². The summed E-state index contributed by atoms with van der Waals surface area (Å²) in [5, 5.41) is 0.524. The normalized spacial score (nSPS) is 13.1. The molecule has 35 heavy (non-hydrogen) atoms. The molecule has 1 aliphatic heterocycles. The van der Waals surface area contributed by atoms with E-state index in [1.165, 1.54) is 48.4 Å². The van der Waals surface area contributed by atoms with Crippen LogP contribution in [0, 0.1) is 5.92 Å². The Morgan fingerprint density at radius 2 is 1.74 bits per heavy atom. The average Bonchev–Trinajstić information content (AvgIpc) is 2.91. The number of aromatic nitrogens is 1. The van der Waals surface area contributed by atoms with Crippen LogP contribution in [0.3, 0.4) is 0 Å². The summed E-state index contributed by atoms with van der Waals surface area (Å²) >= 11 is 5.99. The molecule has 1 aliphatic rings. The van der Waals surface area contributed by atoms with Crippen molar-refractivity contribution in [1.29, 1.82) is 0 Å². The fourth-order valence-corrected chi connectivity index (χ4v) is 4.52. The van der Waals surface area contributed by atoms with Gasteiger partial charge in [0.1, 0.15) is 11.4 Å². The lowest BCUT2D eigenvalue weighted by Gasteiger charge is -2.35. The summed E-state index contributed by atoms with van der Waals surface area (Å²) in [6.07, 6.45) is 7.21. The van der Waals surface area contributed by atoms with Gasteiger partial charge >= 0.3 is 0 Å². The maximum Gasteiger partial charge on any atom is 0.129 e. The van der Waals surface area contributed by atoms with Crippen molar-refractivity contribution in [1.82, 2.24) is 9.88 Å². The van der Waals surface area contributed by atoms with Crippen LogP contribution in [-0.4, -0.2) is 29.3 Å². The zero-order valence-corrected chi connectivity index (χ0v) is 22.4. The van der Waals surface area contributed by atoms with Crippen LogP contribution < -0.4 is 0 Å². The average molecular weight is 491 g/mol. The molecule has 186 valence electrons. The fourth-order valence-electron chi connectivity index (χ4n) is 4.41. The van der Waals surface area contributed by atoms with Crippen molar-refractivity contribution in [2.75, 3.05) is 13.1 Å². The Hall–Kier alpha value is -2.91. The number of piperidine rings is 1. The standard InChI is InChI=1S/C27H29ClN2.C2H4O.C2H6/c1-3-23-9-10-24(18-26(23)25-11-12-27(28)29-19-25)20(2)30-15-13-22(14-16-30)17-21-7-5-4-6-8-21;1-2-3;1-2/h4-12,18-19,22H,2-3,13-17H2,1H3;2H,1H3;1-2H3. The molecule has 0 unspecified atom stereocenters. The summed E-state index contributed by atoms with van der Waals surface area (Å²) in [5.74, 6) is 0.759. The highest BCUT2D eigenvalue weighted by Crippen LogP contribution is 2.31. The molecule has 2 aromatic carbocycles. The number of benzene rings is 2. The van der Waals surface area contributed by atoms with Crippen molar-refractivity contribution in [3.63, 3.8) is 0 Å². The van der Waals surface area contributed by atoms with E-state index < -0.39 is 0 Å². The van der Waals surface area contributed by atoms with E-state index in [0.29, 0.717) is 5.15 Å². The van der Waals surface area contributed by atoms with Crippen LogP contribution in [-0.2, 0) is 17.6 Å². The van der Waals surface area contributed by atoms with E-state index in [2.05, 4.69) is 71.9 Å². The number of aryl methyl sites for hydroxylation is 1. The highest BCUT2D eigenvalue weighted by molar-refractivity contribution is 6.29. The second-order valence-corrected chi connectivity index (χ2v) is 8.78. The first-order valence-corrected chi connectivity index (χ1v) is 13.1. The Morgan fingerprint density at radius 3 is 2.31 bits per heavy atom. The molecule has 0 spiro atoms. The quantitative estimate of drug-likeness (QED) is 0.258. The Kier molecular flexibility index (Phi) is 12.3. The Labute approximate surface area is 216 Å². The molecular formula is C31H39ClN2O. The fraction of sp³-hybridized carbons (Fsp3) is 0.355. The molecule has 0 amide bonds. The third-order valence-electron chi connectivity index (χ3n) is 6.23. The molecule has 3 aromatic rings. The van der Waals surface area contributed by atoms with Crippen molar-refractivity contribution < 1.29 is 4.79 Å². The molecule has 0 saturated carbocycles. The summed E-state index contributed by atoms with van der Waals surface area (Å²) in [5.41, 5.74) is 7.41. The van der Waals surface area contributed by atoms with Gasteiger partial charge in [0.25, 0.3) is 0 Å². The first-order valence-electron chi connectivity index (χ1n) is 12.7. The minimum atomic E-state index is 0.524. The largest absolute Gasteiger partial charge is 0.372 e. The molecule has 3 nitrogen and oxygen atoms in total. The number of pyridine rings is 1. The molecule has 1 saturated heterocycles. The van der Waals surface area contributed by atoms with E-state index >= 15 is 0 Å². The minimum Gasteiger partial charge on any atom is -0.372 e. The Bertz CT molecular complexity index is 1040. The van der Waals surface area contributed by atoms with Gasteiger partial charge in [-0.15, -0.1) is 0 Å². The van der Waals surface area contributed by atoms with Crippen LogP contribution >= 0.6 is 11.6 Å². The number of aldehydes is 1. The zero-order valence-electron chi connectivity index (χ0n) is 21.6. The van der Waals surface area contributed by atoms with Crippen LogP contribution in [0.25, 0.3) is 16.8 Å². The van der Waals surface area contributed by atoms with Gasteiger partial charge in [0.05, 0.1) is 0 Å². The monoisotopic (exact) mass is 490 g/mol. The lowest BCUT2D eigenvalue weighted by atomic mass is 9.89. The number of carbonyl (C=O) groups excluding carboxylic acids is 1. The molecule has 2 heterocycles. The predicted molar refractivity (Wildman–Crippen MR) is 151 cm³/mol. The highest BCUT2D eigenvalue weighted by Gasteiger charge is 2.21. The van der Waals surface area contributed by atoms with Crippen LogP contribution in [0.4, 0.5) is 0 Å². The number of halogens is 1. The molecule has 4 rings (SSSR count). The van der Waals surface area contributed by atoms with Gasteiger partial charge in [-0.25, -0.2) is 4.98 Å². The zero-order chi connectivity index (χ0) is 25.6. The SMILES string of the molecule is C=C(c1ccc(CC)c(-c2ccc(Cl)nc2)c1)N1CCC(Cc2ccccc2)CC1.CC.CC=O. The predicted octanol–water partition coefficient (Wildman–Crippen LogP) is 8.12. The second-order valence-electron chi connectivity index (χ2n) is 8.40. The van der Waals surface area contributed by atoms with Gasteiger partial charge < -0.3 is 9.69 Å². The van der Waals surface area contributed by atoms with Gasteiger partial charge in [0.15, 0.2) is 0 Å². The van der Waals surface area contributed by atoms with Gasteiger partial charge in [-0.3, -0.25) is 0 Å². The summed E-state index contributed by atoms with van der Waals surface area (Å²) in [6, 6.07) is 21.5. The van der Waals surface area contributed by atoms with Gasteiger partial charge in [0.2, 0.25) is 0 Å². The number of rotatable bonds is 6. The highest BCUT2D eigenvalue weighted by atomic mass is 35.5. The van der Waals surface area contributed by atoms with E-state index in [1.54, 1.807) is 0 Å². The topological polar surface area (TPSA) is 33.2 Å². The Morgan fingerprint density at radius 1 is 1.09 bits per heavy atom. The van der Waals surface area contributed by atoms with Gasteiger partial charge in [-0.2, -0.15) is 0 Å². The van der Waals surface area contributed by atoms with Crippen molar-refractivity contribution in [2.24, 2.45) is 5.92 Å². The number of likely N-dealkylation sites (tertiary alicyclic amines) is 1. The third-order valence-corrected chi connectivity index (χ3v) is 6.45. The van der Waals surface area contributed by atoms with E-state index in [-0.39, 0.29) is 0 Å². The molecule has 0 N–H and O–H groups in total. The summed E-state index contributed by atoms with van der Waals surface area (Å²) in [6.45, 7) is 14.2. The lowest BCUT2D eigenvalue weighted by Crippen LogP contribution is -2.32. The molecule has 1 fully saturated rings. The summed E-state index contributed by atoms with van der Waals surface area (Å²) in [7, 11) is 0. The maximum absolute atomic E-state index is 8.81. The Balaban J connectivity index is 0.000000803. The van der Waals surface area contributed by atoms with Crippen LogP contribution in [0.15, 0.2) is 73.4 Å².